The van der Waals surface area contributed by atoms with Crippen LogP contribution in [0.15, 0.2) is 0 Å². The monoisotopic (exact) mass is 214 g/mol. The van der Waals surface area contributed by atoms with E-state index in [0.717, 1.165) is 39.0 Å². The van der Waals surface area contributed by atoms with Crippen molar-refractivity contribution in [2.45, 2.75) is 32.2 Å². The highest BCUT2D eigenvalue weighted by Gasteiger charge is 2.28. The average Bonchev–Trinajstić information content (AvgIpc) is 2.64. The van der Waals surface area contributed by atoms with Gasteiger partial charge in [-0.1, -0.05) is 0 Å². The summed E-state index contributed by atoms with van der Waals surface area (Å²) in [5, 5.41) is 6.26. The Kier molecular flexibility index (Phi) is 5.65. The second-order valence-electron chi connectivity index (χ2n) is 4.13. The molecule has 1 fully saturated rings. The maximum absolute atomic E-state index is 11.7. The Morgan fingerprint density at radius 2 is 2.33 bits per heavy atom. The minimum Gasteiger partial charge on any atom is -0.385 e. The van der Waals surface area contributed by atoms with E-state index in [1.165, 1.54) is 0 Å². The molecule has 0 spiro atoms. The van der Waals surface area contributed by atoms with Gasteiger partial charge in [-0.25, -0.2) is 0 Å². The number of carbonyl (C=O) groups excluding carboxylic acids is 1. The van der Waals surface area contributed by atoms with Gasteiger partial charge in [0.1, 0.15) is 0 Å². The van der Waals surface area contributed by atoms with E-state index in [2.05, 4.69) is 17.6 Å². The van der Waals surface area contributed by atoms with Crippen molar-refractivity contribution >= 4 is 5.91 Å². The molecule has 1 rings (SSSR count). The van der Waals surface area contributed by atoms with E-state index < -0.39 is 0 Å². The summed E-state index contributed by atoms with van der Waals surface area (Å²) >= 11 is 0. The van der Waals surface area contributed by atoms with Crippen molar-refractivity contribution in [2.24, 2.45) is 5.92 Å². The molecule has 1 aliphatic heterocycles. The zero-order valence-corrected chi connectivity index (χ0v) is 9.71. The molecule has 4 nitrogen and oxygen atoms in total. The Hall–Kier alpha value is -0.610. The van der Waals surface area contributed by atoms with Gasteiger partial charge in [-0.3, -0.25) is 4.79 Å². The fraction of sp³-hybridized carbons (Fsp3) is 0.909. The van der Waals surface area contributed by atoms with Crippen LogP contribution >= 0.6 is 0 Å². The van der Waals surface area contributed by atoms with Crippen molar-refractivity contribution in [3.63, 3.8) is 0 Å². The summed E-state index contributed by atoms with van der Waals surface area (Å²) < 4.78 is 4.94. The fourth-order valence-electron chi connectivity index (χ4n) is 1.93. The lowest BCUT2D eigenvalue weighted by Crippen LogP contribution is -2.37. The summed E-state index contributed by atoms with van der Waals surface area (Å²) in [4.78, 5) is 11.7. The number of rotatable bonds is 6. The van der Waals surface area contributed by atoms with Crippen LogP contribution in [0.3, 0.4) is 0 Å². The molecule has 2 atom stereocenters. The molecule has 0 aromatic rings. The Morgan fingerprint density at radius 1 is 1.53 bits per heavy atom. The number of methoxy groups -OCH3 is 1. The van der Waals surface area contributed by atoms with Gasteiger partial charge in [0, 0.05) is 26.3 Å². The highest BCUT2D eigenvalue weighted by atomic mass is 16.5. The van der Waals surface area contributed by atoms with Gasteiger partial charge in [-0.15, -0.1) is 0 Å². The van der Waals surface area contributed by atoms with Crippen molar-refractivity contribution in [1.29, 1.82) is 0 Å². The van der Waals surface area contributed by atoms with Crippen molar-refractivity contribution in [3.05, 3.63) is 0 Å². The standard InChI is InChI=1S/C11H22N2O2/c1-9-10(5-7-12-9)11(14)13-6-3-4-8-15-2/h9-10,12H,3-8H2,1-2H3,(H,13,14). The second kappa shape index (κ2) is 6.80. The van der Waals surface area contributed by atoms with Crippen LogP contribution < -0.4 is 10.6 Å². The largest absolute Gasteiger partial charge is 0.385 e. The van der Waals surface area contributed by atoms with Gasteiger partial charge in [0.05, 0.1) is 5.92 Å². The quantitative estimate of drug-likeness (QED) is 0.634. The summed E-state index contributed by atoms with van der Waals surface area (Å²) in [6.45, 7) is 4.58. The van der Waals surface area contributed by atoms with E-state index in [-0.39, 0.29) is 11.8 Å². The van der Waals surface area contributed by atoms with Gasteiger partial charge in [-0.2, -0.15) is 0 Å². The van der Waals surface area contributed by atoms with Crippen LogP contribution in [0.2, 0.25) is 0 Å². The minimum atomic E-state index is 0.160. The molecule has 0 bridgehead atoms. The van der Waals surface area contributed by atoms with E-state index in [1.54, 1.807) is 7.11 Å². The summed E-state index contributed by atoms with van der Waals surface area (Å²) in [7, 11) is 1.70. The van der Waals surface area contributed by atoms with Crippen LogP contribution in [-0.4, -0.2) is 38.8 Å². The topological polar surface area (TPSA) is 50.4 Å². The summed E-state index contributed by atoms with van der Waals surface area (Å²) in [5.74, 6) is 0.359. The Balaban J connectivity index is 2.08. The molecule has 0 aromatic heterocycles. The predicted octanol–water partition coefficient (Wildman–Crippen LogP) is 0.527. The zero-order chi connectivity index (χ0) is 11.1. The predicted molar refractivity (Wildman–Crippen MR) is 59.7 cm³/mol. The molecule has 1 heterocycles. The molecule has 4 heteroatoms. The van der Waals surface area contributed by atoms with Gasteiger partial charge >= 0.3 is 0 Å². The first-order valence-electron chi connectivity index (χ1n) is 5.75. The molecule has 88 valence electrons. The number of nitrogens with one attached hydrogen (secondary N) is 2. The van der Waals surface area contributed by atoms with Crippen LogP contribution in [0.4, 0.5) is 0 Å². The van der Waals surface area contributed by atoms with E-state index in [0.29, 0.717) is 6.04 Å². The van der Waals surface area contributed by atoms with Gasteiger partial charge in [0.15, 0.2) is 0 Å². The maximum atomic E-state index is 11.7. The Morgan fingerprint density at radius 3 is 2.93 bits per heavy atom. The van der Waals surface area contributed by atoms with Gasteiger partial charge in [-0.05, 0) is 32.7 Å². The molecule has 1 saturated heterocycles. The first-order chi connectivity index (χ1) is 7.25. The van der Waals surface area contributed by atoms with Crippen LogP contribution in [0.5, 0.6) is 0 Å². The third kappa shape index (κ3) is 4.18. The van der Waals surface area contributed by atoms with E-state index >= 15 is 0 Å². The molecule has 2 unspecified atom stereocenters. The van der Waals surface area contributed by atoms with Crippen molar-refractivity contribution < 1.29 is 9.53 Å². The molecule has 15 heavy (non-hydrogen) atoms. The summed E-state index contributed by atoms with van der Waals surface area (Å²) in [6.07, 6.45) is 2.97. The molecule has 0 aromatic carbocycles. The fourth-order valence-corrected chi connectivity index (χ4v) is 1.93. The first kappa shape index (κ1) is 12.5. The van der Waals surface area contributed by atoms with E-state index in [9.17, 15) is 4.79 Å². The van der Waals surface area contributed by atoms with Crippen LogP contribution in [0.1, 0.15) is 26.2 Å². The zero-order valence-electron chi connectivity index (χ0n) is 9.71. The van der Waals surface area contributed by atoms with Crippen molar-refractivity contribution in [3.8, 4) is 0 Å². The van der Waals surface area contributed by atoms with Gasteiger partial charge in [0.2, 0.25) is 5.91 Å². The number of amides is 1. The Labute approximate surface area is 91.8 Å². The van der Waals surface area contributed by atoms with Crippen molar-refractivity contribution in [1.82, 2.24) is 10.6 Å². The van der Waals surface area contributed by atoms with Crippen LogP contribution in [0.25, 0.3) is 0 Å². The lowest BCUT2D eigenvalue weighted by atomic mass is 10.0. The van der Waals surface area contributed by atoms with E-state index in [1.807, 2.05) is 0 Å². The third-order valence-electron chi connectivity index (χ3n) is 2.94. The van der Waals surface area contributed by atoms with E-state index in [4.69, 9.17) is 4.74 Å². The third-order valence-corrected chi connectivity index (χ3v) is 2.94. The lowest BCUT2D eigenvalue weighted by Gasteiger charge is -2.14. The maximum Gasteiger partial charge on any atom is 0.224 e. The normalized spacial score (nSPS) is 25.5. The number of hydrogen-bond donors (Lipinski definition) is 2. The summed E-state index contributed by atoms with van der Waals surface area (Å²) in [5.41, 5.74) is 0. The minimum absolute atomic E-state index is 0.160. The summed E-state index contributed by atoms with van der Waals surface area (Å²) in [6, 6.07) is 0.323. The van der Waals surface area contributed by atoms with Crippen LogP contribution in [0, 0.1) is 5.92 Å². The molecule has 0 aliphatic carbocycles. The molecule has 0 radical (unpaired) electrons. The van der Waals surface area contributed by atoms with Crippen molar-refractivity contribution in [2.75, 3.05) is 26.8 Å². The number of ether oxygens (including phenoxy) is 1. The average molecular weight is 214 g/mol. The van der Waals surface area contributed by atoms with Crippen LogP contribution in [-0.2, 0) is 9.53 Å². The SMILES string of the molecule is COCCCCNC(=O)C1CCNC1C. The highest BCUT2D eigenvalue weighted by molar-refractivity contribution is 5.79. The lowest BCUT2D eigenvalue weighted by molar-refractivity contribution is -0.125. The number of unbranched alkanes of at least 4 members (excludes halogenated alkanes) is 1. The molecule has 1 aliphatic rings. The molecule has 1 amide bonds. The molecular formula is C11H22N2O2. The Bertz CT molecular complexity index is 197. The number of carbonyl (C=O) groups is 1. The number of hydrogen-bond acceptors (Lipinski definition) is 3. The second-order valence-corrected chi connectivity index (χ2v) is 4.13. The first-order valence-corrected chi connectivity index (χ1v) is 5.75. The van der Waals surface area contributed by atoms with Gasteiger partial charge in [0.25, 0.3) is 0 Å². The smallest absolute Gasteiger partial charge is 0.224 e. The van der Waals surface area contributed by atoms with Gasteiger partial charge < -0.3 is 15.4 Å². The molecule has 0 saturated carbocycles. The highest BCUT2D eigenvalue weighted by Crippen LogP contribution is 2.14. The molecular weight excluding hydrogens is 192 g/mol. The molecule has 2 N–H and O–H groups in total.